The maximum atomic E-state index is 13.9. The normalized spacial score (nSPS) is 36.0. The molecule has 2 aromatic rings. The molecule has 1 spiro atoms. The van der Waals surface area contributed by atoms with Crippen LogP contribution in [0.4, 0.5) is 5.69 Å². The number of hydrogen-bond acceptors (Lipinski definition) is 6. The lowest BCUT2D eigenvalue weighted by atomic mass is 9.67. The van der Waals surface area contributed by atoms with Gasteiger partial charge < -0.3 is 19.6 Å². The van der Waals surface area contributed by atoms with Crippen molar-refractivity contribution in [3.05, 3.63) is 58.1 Å². The number of amides is 1. The van der Waals surface area contributed by atoms with Crippen molar-refractivity contribution in [3.63, 3.8) is 0 Å². The van der Waals surface area contributed by atoms with Gasteiger partial charge in [0.15, 0.2) is 0 Å². The van der Waals surface area contributed by atoms with Crippen LogP contribution in [0, 0.1) is 17.8 Å². The molecule has 4 aliphatic rings. The number of aliphatic hydroxyl groups excluding tert-OH is 1. The average Bonchev–Trinajstić information content (AvgIpc) is 3.10. The number of halogens is 1. The Morgan fingerprint density at radius 2 is 1.95 bits per heavy atom. The third-order valence-corrected chi connectivity index (χ3v) is 13.7. The first-order valence-electron chi connectivity index (χ1n) is 16.2. The van der Waals surface area contributed by atoms with E-state index < -0.39 is 15.8 Å². The van der Waals surface area contributed by atoms with Gasteiger partial charge in [0, 0.05) is 40.4 Å². The lowest BCUT2D eigenvalue weighted by molar-refractivity contribution is -0.00541. The van der Waals surface area contributed by atoms with E-state index >= 15 is 0 Å². The molecule has 9 heteroatoms. The van der Waals surface area contributed by atoms with Crippen LogP contribution in [0.2, 0.25) is 5.02 Å². The van der Waals surface area contributed by atoms with E-state index in [1.807, 2.05) is 25.1 Å². The van der Waals surface area contributed by atoms with Crippen LogP contribution in [0.5, 0.6) is 5.75 Å². The number of anilines is 1. The standard InChI is InChI=1S/C35H48ClN3O4S/c1-22-15-28(38(3)4)18-32(40)29-11-8-26(29)19-39-20-35(14-6-7-24-16-27(36)10-12-30(24)35)21-43-33-13-9-25(17-31(33)39)34(41)37-44(5,42)23(22)2/h9-10,12-13,16-17,22-23,26,28-29,32,40H,5-8,11,14-15,18-21H2,1-4H3,(H,37,41,42)/t22-,23+,26-,28-,29+,32-,35-,44?/m0/s1. The van der Waals surface area contributed by atoms with Gasteiger partial charge in [-0.3, -0.25) is 9.52 Å². The molecule has 6 rings (SSSR count). The quantitative estimate of drug-likeness (QED) is 0.411. The predicted octanol–water partition coefficient (Wildman–Crippen LogP) is 5.31. The van der Waals surface area contributed by atoms with E-state index in [-0.39, 0.29) is 34.4 Å². The van der Waals surface area contributed by atoms with E-state index in [9.17, 15) is 14.1 Å². The highest BCUT2D eigenvalue weighted by Crippen LogP contribution is 2.47. The molecule has 7 nitrogen and oxygen atoms in total. The molecule has 8 atom stereocenters. The molecular formula is C35H48ClN3O4S. The van der Waals surface area contributed by atoms with Gasteiger partial charge in [0.2, 0.25) is 0 Å². The first-order valence-corrected chi connectivity index (χ1v) is 18.4. The van der Waals surface area contributed by atoms with Crippen molar-refractivity contribution in [1.82, 2.24) is 9.62 Å². The monoisotopic (exact) mass is 641 g/mol. The molecule has 0 radical (unpaired) electrons. The predicted molar refractivity (Wildman–Crippen MR) is 181 cm³/mol. The summed E-state index contributed by atoms with van der Waals surface area (Å²) in [6.45, 7) is 6.06. The third kappa shape index (κ3) is 6.00. The lowest BCUT2D eigenvalue weighted by Gasteiger charge is -2.46. The van der Waals surface area contributed by atoms with Gasteiger partial charge in [-0.2, -0.15) is 0 Å². The molecule has 0 aromatic heterocycles. The number of rotatable bonds is 1. The first kappa shape index (κ1) is 31.7. The molecule has 2 aliphatic heterocycles. The van der Waals surface area contributed by atoms with Gasteiger partial charge in [0.1, 0.15) is 5.75 Å². The van der Waals surface area contributed by atoms with Gasteiger partial charge in [0.25, 0.3) is 5.91 Å². The topological polar surface area (TPSA) is 82.1 Å². The highest BCUT2D eigenvalue weighted by atomic mass is 35.5. The summed E-state index contributed by atoms with van der Waals surface area (Å²) in [6.07, 6.45) is 6.15. The van der Waals surface area contributed by atoms with E-state index in [0.29, 0.717) is 24.5 Å². The van der Waals surface area contributed by atoms with E-state index in [4.69, 9.17) is 16.3 Å². The number of carbonyl (C=O) groups excluding carboxylic acids is 1. The molecule has 2 bridgehead atoms. The van der Waals surface area contributed by atoms with Crippen LogP contribution in [-0.4, -0.2) is 77.2 Å². The summed E-state index contributed by atoms with van der Waals surface area (Å²) in [6, 6.07) is 11.9. The Morgan fingerprint density at radius 3 is 2.68 bits per heavy atom. The summed E-state index contributed by atoms with van der Waals surface area (Å²) in [5, 5.41) is 12.1. The summed E-state index contributed by atoms with van der Waals surface area (Å²) in [5.74, 6) is 4.97. The van der Waals surface area contributed by atoms with Crippen LogP contribution >= 0.6 is 11.6 Å². The Labute approximate surface area is 268 Å². The van der Waals surface area contributed by atoms with E-state index in [2.05, 4.69) is 53.5 Å². The van der Waals surface area contributed by atoms with Gasteiger partial charge in [-0.05, 0) is 131 Å². The first-order chi connectivity index (χ1) is 20.9. The van der Waals surface area contributed by atoms with Crippen LogP contribution in [0.15, 0.2) is 36.4 Å². The molecule has 44 heavy (non-hydrogen) atoms. The van der Waals surface area contributed by atoms with Crippen LogP contribution in [0.3, 0.4) is 0 Å². The van der Waals surface area contributed by atoms with Crippen LogP contribution in [0.25, 0.3) is 0 Å². The third-order valence-electron chi connectivity index (χ3n) is 11.3. The second kappa shape index (κ2) is 12.2. The van der Waals surface area contributed by atoms with E-state index in [1.165, 1.54) is 11.1 Å². The molecular weight excluding hydrogens is 594 g/mol. The summed E-state index contributed by atoms with van der Waals surface area (Å²) >= 11 is 6.43. The van der Waals surface area contributed by atoms with Crippen molar-refractivity contribution in [2.24, 2.45) is 17.8 Å². The van der Waals surface area contributed by atoms with Gasteiger partial charge in [-0.1, -0.05) is 24.6 Å². The minimum Gasteiger partial charge on any atom is -0.490 e. The molecule has 2 aliphatic carbocycles. The molecule has 2 aromatic carbocycles. The largest absolute Gasteiger partial charge is 0.490 e. The molecule has 2 N–H and O–H groups in total. The van der Waals surface area contributed by atoms with Crippen LogP contribution in [-0.2, 0) is 21.5 Å². The van der Waals surface area contributed by atoms with Crippen molar-refractivity contribution in [3.8, 4) is 5.75 Å². The smallest absolute Gasteiger partial charge is 0.262 e. The Kier molecular flexibility index (Phi) is 8.76. The Morgan fingerprint density at radius 1 is 1.16 bits per heavy atom. The Balaban J connectivity index is 1.42. The van der Waals surface area contributed by atoms with E-state index in [1.54, 1.807) is 6.07 Å². The molecule has 1 saturated carbocycles. The number of nitrogens with zero attached hydrogens (tertiary/aromatic N) is 2. The van der Waals surface area contributed by atoms with Crippen molar-refractivity contribution in [2.75, 3.05) is 38.7 Å². The fourth-order valence-corrected chi connectivity index (χ4v) is 9.82. The lowest BCUT2D eigenvalue weighted by Crippen LogP contribution is -2.50. The average molecular weight is 642 g/mol. The highest BCUT2D eigenvalue weighted by molar-refractivity contribution is 7.99. The molecule has 240 valence electrons. The van der Waals surface area contributed by atoms with Gasteiger partial charge in [-0.15, -0.1) is 0 Å². The maximum absolute atomic E-state index is 13.9. The number of ether oxygens (including phenoxy) is 1. The summed E-state index contributed by atoms with van der Waals surface area (Å²) in [5.41, 5.74) is 3.69. The van der Waals surface area contributed by atoms with Crippen molar-refractivity contribution in [1.29, 1.82) is 0 Å². The number of hydrogen-bond donors (Lipinski definition) is 2. The number of carbonyl (C=O) groups is 1. The number of fused-ring (bicyclic) bond motifs is 4. The van der Waals surface area contributed by atoms with Gasteiger partial charge in [0.05, 0.1) is 28.1 Å². The maximum Gasteiger partial charge on any atom is 0.262 e. The zero-order chi connectivity index (χ0) is 31.4. The highest BCUT2D eigenvalue weighted by Gasteiger charge is 2.45. The Hall–Kier alpha value is -2.26. The number of aryl methyl sites for hydroxylation is 1. The Bertz CT molecular complexity index is 1510. The minimum absolute atomic E-state index is 0.0328. The molecule has 2 heterocycles. The second-order valence-electron chi connectivity index (χ2n) is 14.3. The minimum atomic E-state index is -2.94. The molecule has 1 unspecified atom stereocenters. The van der Waals surface area contributed by atoms with Crippen molar-refractivity contribution < 1.29 is 18.8 Å². The van der Waals surface area contributed by atoms with Gasteiger partial charge >= 0.3 is 0 Å². The van der Waals surface area contributed by atoms with Gasteiger partial charge in [-0.25, -0.2) is 4.21 Å². The van der Waals surface area contributed by atoms with Crippen molar-refractivity contribution >= 4 is 38.8 Å². The SMILES string of the molecule is C=S1(=O)NC(=O)c2ccc3c(c2)N(C[C@@H]2CC[C@H]2[C@@H](O)C[C@@H](N(C)C)C[C@H](C)[C@H]1C)C[C@@]1(CCCc2cc(Cl)ccc21)CO3. The zero-order valence-electron chi connectivity index (χ0n) is 26.6. The number of aliphatic hydroxyl groups is 1. The fraction of sp³-hybridized carbons (Fsp3) is 0.600. The molecule has 0 saturated heterocycles. The van der Waals surface area contributed by atoms with Crippen LogP contribution < -0.4 is 14.4 Å². The molecule has 1 amide bonds. The van der Waals surface area contributed by atoms with E-state index in [0.717, 1.165) is 68.1 Å². The zero-order valence-corrected chi connectivity index (χ0v) is 28.1. The molecule has 1 fully saturated rings. The summed E-state index contributed by atoms with van der Waals surface area (Å²) in [4.78, 5) is 18.2. The second-order valence-corrected chi connectivity index (χ2v) is 17.1. The summed E-state index contributed by atoms with van der Waals surface area (Å²) < 4.78 is 23.3. The van der Waals surface area contributed by atoms with Crippen molar-refractivity contribution in [2.45, 2.75) is 81.6 Å². The van der Waals surface area contributed by atoms with Crippen LogP contribution in [0.1, 0.15) is 73.9 Å². The number of nitrogens with one attached hydrogen (secondary N) is 1. The fourth-order valence-electron chi connectivity index (χ4n) is 8.14. The summed E-state index contributed by atoms with van der Waals surface area (Å²) in [7, 11) is 1.16. The number of benzene rings is 2.